The maximum atomic E-state index is 6.18. The van der Waals surface area contributed by atoms with Crippen LogP contribution in [0.2, 0.25) is 0 Å². The van der Waals surface area contributed by atoms with Crippen LogP contribution in [-0.2, 0) is 12.8 Å². The molecule has 1 aromatic rings. The van der Waals surface area contributed by atoms with Gasteiger partial charge < -0.3 is 10.5 Å². The Morgan fingerprint density at radius 2 is 1.95 bits per heavy atom. The van der Waals surface area contributed by atoms with Crippen molar-refractivity contribution in [3.63, 3.8) is 0 Å². The van der Waals surface area contributed by atoms with Crippen molar-refractivity contribution in [3.8, 4) is 5.88 Å². The standard InChI is InChI=1S/C17H24N2OS/c1-11-6-8-13(9-7-11)20-17-14(16(18)21)10-12-4-2-3-5-15(12)19-17/h10-11,13H,2-9H2,1H3,(H2,18,21). The summed E-state index contributed by atoms with van der Waals surface area (Å²) in [5.74, 6) is 1.49. The van der Waals surface area contributed by atoms with Crippen LogP contribution in [0.5, 0.6) is 5.88 Å². The first-order valence-electron chi connectivity index (χ1n) is 8.12. The van der Waals surface area contributed by atoms with E-state index < -0.39 is 0 Å². The van der Waals surface area contributed by atoms with E-state index in [1.807, 2.05) is 0 Å². The molecule has 21 heavy (non-hydrogen) atoms. The number of ether oxygens (including phenoxy) is 1. The normalized spacial score (nSPS) is 25.2. The van der Waals surface area contributed by atoms with Crippen molar-refractivity contribution in [2.75, 3.05) is 0 Å². The van der Waals surface area contributed by atoms with Crippen LogP contribution in [0.1, 0.15) is 62.3 Å². The van der Waals surface area contributed by atoms with Crippen molar-refractivity contribution in [2.45, 2.75) is 64.4 Å². The summed E-state index contributed by atoms with van der Waals surface area (Å²) in [4.78, 5) is 5.16. The molecule has 2 aliphatic rings. The van der Waals surface area contributed by atoms with Crippen molar-refractivity contribution >= 4 is 17.2 Å². The zero-order chi connectivity index (χ0) is 14.8. The maximum Gasteiger partial charge on any atom is 0.224 e. The number of nitrogens with two attached hydrogens (primary N) is 1. The number of aromatic nitrogens is 1. The van der Waals surface area contributed by atoms with Crippen LogP contribution in [0.15, 0.2) is 6.07 Å². The van der Waals surface area contributed by atoms with Gasteiger partial charge in [-0.25, -0.2) is 4.98 Å². The molecule has 1 aromatic heterocycles. The summed E-state index contributed by atoms with van der Waals surface area (Å²) in [6, 6.07) is 2.12. The highest BCUT2D eigenvalue weighted by Gasteiger charge is 2.23. The first kappa shape index (κ1) is 14.8. The van der Waals surface area contributed by atoms with Gasteiger partial charge in [-0.15, -0.1) is 0 Å². The molecule has 0 saturated heterocycles. The van der Waals surface area contributed by atoms with Gasteiger partial charge in [0.15, 0.2) is 0 Å². The van der Waals surface area contributed by atoms with Gasteiger partial charge in [0, 0.05) is 5.69 Å². The van der Waals surface area contributed by atoms with Crippen LogP contribution in [0.25, 0.3) is 0 Å². The van der Waals surface area contributed by atoms with E-state index in [2.05, 4.69) is 13.0 Å². The lowest BCUT2D eigenvalue weighted by atomic mass is 9.89. The third-order valence-electron chi connectivity index (χ3n) is 4.77. The fraction of sp³-hybridized carbons (Fsp3) is 0.647. The Hall–Kier alpha value is -1.16. The van der Waals surface area contributed by atoms with Gasteiger partial charge in [-0.05, 0) is 68.9 Å². The number of pyridine rings is 1. The molecule has 1 fully saturated rings. The molecule has 3 nitrogen and oxygen atoms in total. The van der Waals surface area contributed by atoms with E-state index in [1.54, 1.807) is 0 Å². The number of rotatable bonds is 3. The summed E-state index contributed by atoms with van der Waals surface area (Å²) in [5.41, 5.74) is 9.19. The zero-order valence-corrected chi connectivity index (χ0v) is 13.5. The highest BCUT2D eigenvalue weighted by molar-refractivity contribution is 7.80. The lowest BCUT2D eigenvalue weighted by Gasteiger charge is -2.28. The van der Waals surface area contributed by atoms with Crippen LogP contribution in [0, 0.1) is 5.92 Å². The first-order valence-corrected chi connectivity index (χ1v) is 8.53. The largest absolute Gasteiger partial charge is 0.474 e. The summed E-state index contributed by atoms with van der Waals surface area (Å²) in [5, 5.41) is 0. The van der Waals surface area contributed by atoms with Crippen LogP contribution >= 0.6 is 12.2 Å². The van der Waals surface area contributed by atoms with Gasteiger partial charge in [0.05, 0.1) is 5.56 Å². The van der Waals surface area contributed by atoms with E-state index in [1.165, 1.54) is 36.9 Å². The molecule has 2 N–H and O–H groups in total. The summed E-state index contributed by atoms with van der Waals surface area (Å²) in [6.07, 6.45) is 9.52. The van der Waals surface area contributed by atoms with Crippen LogP contribution in [0.4, 0.5) is 0 Å². The van der Waals surface area contributed by atoms with Crippen LogP contribution in [0.3, 0.4) is 0 Å². The van der Waals surface area contributed by atoms with Gasteiger partial charge in [-0.3, -0.25) is 0 Å². The molecule has 4 heteroatoms. The third-order valence-corrected chi connectivity index (χ3v) is 4.99. The fourth-order valence-corrected chi connectivity index (χ4v) is 3.53. The van der Waals surface area contributed by atoms with Gasteiger partial charge in [0.25, 0.3) is 0 Å². The predicted octanol–water partition coefficient (Wildman–Crippen LogP) is 3.55. The van der Waals surface area contributed by atoms with Gasteiger partial charge in [-0.2, -0.15) is 0 Å². The third kappa shape index (κ3) is 3.37. The number of nitrogens with zero attached hydrogens (tertiary/aromatic N) is 1. The highest BCUT2D eigenvalue weighted by Crippen LogP contribution is 2.30. The molecule has 0 radical (unpaired) electrons. The number of aryl methyl sites for hydroxylation is 2. The van der Waals surface area contributed by atoms with Crippen molar-refractivity contribution in [2.24, 2.45) is 11.7 Å². The lowest BCUT2D eigenvalue weighted by molar-refractivity contribution is 0.129. The molecule has 0 amide bonds. The molecule has 0 aliphatic heterocycles. The van der Waals surface area contributed by atoms with Crippen molar-refractivity contribution in [1.29, 1.82) is 0 Å². The number of fused-ring (bicyclic) bond motifs is 1. The average molecular weight is 304 g/mol. The topological polar surface area (TPSA) is 48.1 Å². The van der Waals surface area contributed by atoms with E-state index in [4.69, 9.17) is 27.7 Å². The molecule has 0 bridgehead atoms. The van der Waals surface area contributed by atoms with E-state index in [0.717, 1.165) is 37.2 Å². The molecule has 1 saturated carbocycles. The monoisotopic (exact) mass is 304 g/mol. The second kappa shape index (κ2) is 6.30. The molecule has 114 valence electrons. The molecule has 3 rings (SSSR count). The minimum atomic E-state index is 0.267. The summed E-state index contributed by atoms with van der Waals surface area (Å²) >= 11 is 5.20. The quantitative estimate of drug-likeness (QED) is 0.868. The van der Waals surface area contributed by atoms with Gasteiger partial charge in [0.2, 0.25) is 5.88 Å². The molecule has 0 atom stereocenters. The van der Waals surface area contributed by atoms with Gasteiger partial charge in [0.1, 0.15) is 11.1 Å². The second-order valence-electron chi connectivity index (χ2n) is 6.52. The first-order chi connectivity index (χ1) is 10.1. The molecule has 1 heterocycles. The Morgan fingerprint density at radius 1 is 1.24 bits per heavy atom. The zero-order valence-electron chi connectivity index (χ0n) is 12.7. The minimum Gasteiger partial charge on any atom is -0.474 e. The Kier molecular flexibility index (Phi) is 4.43. The van der Waals surface area contributed by atoms with E-state index in [-0.39, 0.29) is 6.10 Å². The van der Waals surface area contributed by atoms with Gasteiger partial charge >= 0.3 is 0 Å². The average Bonchev–Trinajstić information content (AvgIpc) is 2.48. The van der Waals surface area contributed by atoms with E-state index >= 15 is 0 Å². The maximum absolute atomic E-state index is 6.18. The predicted molar refractivity (Wildman–Crippen MR) is 88.8 cm³/mol. The number of hydrogen-bond donors (Lipinski definition) is 1. The van der Waals surface area contributed by atoms with Crippen LogP contribution in [-0.4, -0.2) is 16.1 Å². The Labute approximate surface area is 132 Å². The van der Waals surface area contributed by atoms with E-state index in [0.29, 0.717) is 10.9 Å². The molecule has 0 aromatic carbocycles. The Morgan fingerprint density at radius 3 is 2.67 bits per heavy atom. The molecular formula is C17H24N2OS. The summed E-state index contributed by atoms with van der Waals surface area (Å²) in [6.45, 7) is 2.31. The van der Waals surface area contributed by atoms with Crippen LogP contribution < -0.4 is 10.5 Å². The summed E-state index contributed by atoms with van der Waals surface area (Å²) < 4.78 is 6.18. The highest BCUT2D eigenvalue weighted by atomic mass is 32.1. The van der Waals surface area contributed by atoms with E-state index in [9.17, 15) is 0 Å². The number of hydrogen-bond acceptors (Lipinski definition) is 3. The van der Waals surface area contributed by atoms with Crippen molar-refractivity contribution in [3.05, 3.63) is 22.9 Å². The van der Waals surface area contributed by atoms with Crippen molar-refractivity contribution in [1.82, 2.24) is 4.98 Å². The molecule has 2 aliphatic carbocycles. The minimum absolute atomic E-state index is 0.267. The SMILES string of the molecule is CC1CCC(Oc2nc3c(cc2C(N)=S)CCCC3)CC1. The summed E-state index contributed by atoms with van der Waals surface area (Å²) in [7, 11) is 0. The molecule has 0 unspecified atom stereocenters. The molecular weight excluding hydrogens is 280 g/mol. The fourth-order valence-electron chi connectivity index (χ4n) is 3.39. The van der Waals surface area contributed by atoms with Gasteiger partial charge in [-0.1, -0.05) is 19.1 Å². The smallest absolute Gasteiger partial charge is 0.224 e. The Balaban J connectivity index is 1.84. The second-order valence-corrected chi connectivity index (χ2v) is 6.96. The Bertz CT molecular complexity index is 536. The van der Waals surface area contributed by atoms with Crippen molar-refractivity contribution < 1.29 is 4.74 Å². The number of thiocarbonyl (C=S) groups is 1. The lowest BCUT2D eigenvalue weighted by Crippen LogP contribution is -2.25. The molecule has 0 spiro atoms.